The minimum absolute atomic E-state index is 0.364. The van der Waals surface area contributed by atoms with Crippen LogP contribution in [0.25, 0.3) is 0 Å². The molecule has 0 aromatic heterocycles. The summed E-state index contributed by atoms with van der Waals surface area (Å²) in [5, 5.41) is 3.64. The molecule has 1 aliphatic rings. The monoisotopic (exact) mass is 245 g/mol. The quantitative estimate of drug-likeness (QED) is 0.846. The average molecular weight is 245 g/mol. The molecule has 0 bridgehead atoms. The van der Waals surface area contributed by atoms with Crippen molar-refractivity contribution in [3.8, 4) is 0 Å². The Labute approximate surface area is 112 Å². The molecule has 1 aromatic carbocycles. The first-order valence-electron chi connectivity index (χ1n) is 7.34. The smallest absolute Gasteiger partial charge is 0.0156 e. The Balaban J connectivity index is 2.18. The largest absolute Gasteiger partial charge is 0.313 e. The van der Waals surface area contributed by atoms with Gasteiger partial charge in [0.1, 0.15) is 0 Å². The van der Waals surface area contributed by atoms with Crippen LogP contribution in [0.3, 0.4) is 0 Å². The number of hydrogen-bond acceptors (Lipinski definition) is 1. The second-order valence-electron chi connectivity index (χ2n) is 6.29. The summed E-state index contributed by atoms with van der Waals surface area (Å²) in [5.74, 6) is 1.42. The van der Waals surface area contributed by atoms with Gasteiger partial charge in [0.25, 0.3) is 0 Å². The van der Waals surface area contributed by atoms with Gasteiger partial charge in [0.05, 0.1) is 0 Å². The molecule has 1 N–H and O–H groups in total. The molecule has 2 rings (SSSR count). The Morgan fingerprint density at radius 2 is 1.72 bits per heavy atom. The maximum atomic E-state index is 3.64. The molecule has 1 nitrogen and oxygen atoms in total. The molecule has 1 fully saturated rings. The van der Waals surface area contributed by atoms with E-state index in [-0.39, 0.29) is 0 Å². The molecule has 0 radical (unpaired) electrons. The maximum Gasteiger partial charge on any atom is 0.0156 e. The SMILES string of the molecule is CCNC1C(C)C(c2ccc(CC)cc2)C1(C)C. The molecule has 1 aromatic rings. The van der Waals surface area contributed by atoms with E-state index >= 15 is 0 Å². The normalized spacial score (nSPS) is 29.9. The highest BCUT2D eigenvalue weighted by Crippen LogP contribution is 2.56. The van der Waals surface area contributed by atoms with Crippen LogP contribution < -0.4 is 5.32 Å². The lowest BCUT2D eigenvalue weighted by atomic mass is 9.50. The molecule has 0 saturated heterocycles. The standard InChI is InChI=1S/C17H27N/c1-6-13-8-10-14(11-9-13)15-12(3)16(18-7-2)17(15,4)5/h8-12,15-16,18H,6-7H2,1-5H3. The van der Waals surface area contributed by atoms with Gasteiger partial charge in [-0.25, -0.2) is 0 Å². The topological polar surface area (TPSA) is 12.0 Å². The zero-order valence-electron chi connectivity index (χ0n) is 12.5. The molecule has 3 unspecified atom stereocenters. The van der Waals surface area contributed by atoms with Crippen LogP contribution in [-0.2, 0) is 6.42 Å². The Hall–Kier alpha value is -0.820. The van der Waals surface area contributed by atoms with Crippen LogP contribution in [0, 0.1) is 11.3 Å². The first-order chi connectivity index (χ1) is 8.52. The Bertz CT molecular complexity index is 391. The van der Waals surface area contributed by atoms with Gasteiger partial charge in [0.15, 0.2) is 0 Å². The molecule has 3 atom stereocenters. The Kier molecular flexibility index (Phi) is 3.82. The summed E-state index contributed by atoms with van der Waals surface area (Å²) in [4.78, 5) is 0. The fourth-order valence-electron chi connectivity index (χ4n) is 3.99. The number of aryl methyl sites for hydroxylation is 1. The van der Waals surface area contributed by atoms with E-state index in [1.807, 2.05) is 0 Å². The van der Waals surface area contributed by atoms with Crippen molar-refractivity contribution in [2.45, 2.75) is 53.0 Å². The second-order valence-corrected chi connectivity index (χ2v) is 6.29. The van der Waals surface area contributed by atoms with Gasteiger partial charge in [-0.05, 0) is 41.3 Å². The van der Waals surface area contributed by atoms with Crippen LogP contribution >= 0.6 is 0 Å². The zero-order chi connectivity index (χ0) is 13.3. The highest BCUT2D eigenvalue weighted by atomic mass is 15.0. The van der Waals surface area contributed by atoms with Crippen LogP contribution in [0.15, 0.2) is 24.3 Å². The minimum atomic E-state index is 0.364. The third kappa shape index (κ3) is 2.09. The van der Waals surface area contributed by atoms with Gasteiger partial charge in [0, 0.05) is 6.04 Å². The van der Waals surface area contributed by atoms with Crippen LogP contribution in [0.4, 0.5) is 0 Å². The average Bonchev–Trinajstić information content (AvgIpc) is 2.36. The molecule has 1 saturated carbocycles. The molecule has 18 heavy (non-hydrogen) atoms. The van der Waals surface area contributed by atoms with E-state index in [1.165, 1.54) is 11.1 Å². The maximum absolute atomic E-state index is 3.64. The highest BCUT2D eigenvalue weighted by Gasteiger charge is 2.53. The molecule has 0 amide bonds. The van der Waals surface area contributed by atoms with Gasteiger partial charge >= 0.3 is 0 Å². The van der Waals surface area contributed by atoms with Crippen LogP contribution in [0.2, 0.25) is 0 Å². The van der Waals surface area contributed by atoms with Gasteiger partial charge in [-0.15, -0.1) is 0 Å². The predicted molar refractivity (Wildman–Crippen MR) is 79.0 cm³/mol. The van der Waals surface area contributed by atoms with Crippen molar-refractivity contribution in [1.82, 2.24) is 5.32 Å². The predicted octanol–water partition coefficient (Wildman–Crippen LogP) is 3.99. The molecule has 1 aliphatic carbocycles. The second kappa shape index (κ2) is 5.05. The van der Waals surface area contributed by atoms with Crippen molar-refractivity contribution in [2.24, 2.45) is 11.3 Å². The van der Waals surface area contributed by atoms with Crippen molar-refractivity contribution in [3.05, 3.63) is 35.4 Å². The summed E-state index contributed by atoms with van der Waals surface area (Å²) >= 11 is 0. The minimum Gasteiger partial charge on any atom is -0.313 e. The van der Waals surface area contributed by atoms with Gasteiger partial charge in [0.2, 0.25) is 0 Å². The lowest BCUT2D eigenvalue weighted by molar-refractivity contribution is 0.00143. The van der Waals surface area contributed by atoms with Gasteiger partial charge in [-0.2, -0.15) is 0 Å². The van der Waals surface area contributed by atoms with E-state index < -0.39 is 0 Å². The van der Waals surface area contributed by atoms with Crippen molar-refractivity contribution >= 4 is 0 Å². The van der Waals surface area contributed by atoms with Crippen LogP contribution in [0.1, 0.15) is 51.7 Å². The van der Waals surface area contributed by atoms with E-state index in [0.717, 1.165) is 18.9 Å². The lowest BCUT2D eigenvalue weighted by Crippen LogP contribution is -2.61. The van der Waals surface area contributed by atoms with Gasteiger partial charge < -0.3 is 5.32 Å². The summed E-state index contributed by atoms with van der Waals surface area (Å²) in [6, 6.07) is 9.91. The number of hydrogen-bond donors (Lipinski definition) is 1. The third-order valence-corrected chi connectivity index (χ3v) is 4.83. The van der Waals surface area contributed by atoms with E-state index in [9.17, 15) is 0 Å². The van der Waals surface area contributed by atoms with E-state index in [0.29, 0.717) is 17.4 Å². The van der Waals surface area contributed by atoms with Crippen molar-refractivity contribution in [1.29, 1.82) is 0 Å². The zero-order valence-corrected chi connectivity index (χ0v) is 12.5. The number of benzene rings is 1. The van der Waals surface area contributed by atoms with Crippen LogP contribution in [-0.4, -0.2) is 12.6 Å². The summed E-state index contributed by atoms with van der Waals surface area (Å²) in [6.45, 7) is 12.7. The Morgan fingerprint density at radius 3 is 2.17 bits per heavy atom. The van der Waals surface area contributed by atoms with Crippen LogP contribution in [0.5, 0.6) is 0 Å². The third-order valence-electron chi connectivity index (χ3n) is 4.83. The Morgan fingerprint density at radius 1 is 1.11 bits per heavy atom. The summed E-state index contributed by atoms with van der Waals surface area (Å²) in [6.07, 6.45) is 1.13. The first-order valence-corrected chi connectivity index (χ1v) is 7.34. The fourth-order valence-corrected chi connectivity index (χ4v) is 3.99. The molecule has 0 heterocycles. The van der Waals surface area contributed by atoms with Crippen molar-refractivity contribution in [3.63, 3.8) is 0 Å². The molecular formula is C17H27N. The molecular weight excluding hydrogens is 218 g/mol. The summed E-state index contributed by atoms with van der Waals surface area (Å²) in [5.41, 5.74) is 3.31. The molecule has 0 aliphatic heterocycles. The van der Waals surface area contributed by atoms with E-state index in [4.69, 9.17) is 0 Å². The van der Waals surface area contributed by atoms with E-state index in [1.54, 1.807) is 0 Å². The van der Waals surface area contributed by atoms with Crippen molar-refractivity contribution < 1.29 is 0 Å². The van der Waals surface area contributed by atoms with Gasteiger partial charge in [-0.1, -0.05) is 58.9 Å². The molecule has 1 heteroatoms. The van der Waals surface area contributed by atoms with Gasteiger partial charge in [-0.3, -0.25) is 0 Å². The summed E-state index contributed by atoms with van der Waals surface area (Å²) < 4.78 is 0. The first kappa shape index (κ1) is 13.6. The summed E-state index contributed by atoms with van der Waals surface area (Å²) in [7, 11) is 0. The lowest BCUT2D eigenvalue weighted by Gasteiger charge is -2.58. The molecule has 100 valence electrons. The number of nitrogens with one attached hydrogen (secondary N) is 1. The fraction of sp³-hybridized carbons (Fsp3) is 0.647. The number of rotatable bonds is 4. The molecule has 0 spiro atoms. The highest BCUT2D eigenvalue weighted by molar-refractivity contribution is 5.32. The van der Waals surface area contributed by atoms with Crippen molar-refractivity contribution in [2.75, 3.05) is 6.54 Å². The van der Waals surface area contributed by atoms with E-state index in [2.05, 4.69) is 64.2 Å².